The second kappa shape index (κ2) is 6.87. The number of piperidine rings is 1. The lowest BCUT2D eigenvalue weighted by Gasteiger charge is -2.33. The van der Waals surface area contributed by atoms with E-state index in [0.29, 0.717) is 24.4 Å². The molecular formula is C15H24N2O3S. The molecule has 0 aliphatic carbocycles. The van der Waals surface area contributed by atoms with Gasteiger partial charge in [0.05, 0.1) is 11.0 Å². The van der Waals surface area contributed by atoms with E-state index < -0.39 is 16.1 Å². The monoisotopic (exact) mass is 312 g/mol. The fraction of sp³-hybridized carbons (Fsp3) is 0.600. The minimum absolute atomic E-state index is 0.0263. The zero-order chi connectivity index (χ0) is 15.5. The Hall–Kier alpha value is -0.950. The van der Waals surface area contributed by atoms with Crippen molar-refractivity contribution in [2.45, 2.75) is 37.8 Å². The van der Waals surface area contributed by atoms with Crippen LogP contribution in [-0.2, 0) is 16.6 Å². The SMILES string of the molecule is CCNCc1ccc(S(=O)(=O)N2CCC(O)C(C)C2)cc1. The maximum absolute atomic E-state index is 12.6. The smallest absolute Gasteiger partial charge is 0.243 e. The molecule has 5 nitrogen and oxygen atoms in total. The number of rotatable bonds is 5. The highest BCUT2D eigenvalue weighted by Crippen LogP contribution is 2.24. The van der Waals surface area contributed by atoms with Crippen LogP contribution in [0.5, 0.6) is 0 Å². The predicted octanol–water partition coefficient (Wildman–Crippen LogP) is 1.19. The summed E-state index contributed by atoms with van der Waals surface area (Å²) in [6.45, 7) is 6.30. The molecule has 0 bridgehead atoms. The lowest BCUT2D eigenvalue weighted by atomic mass is 9.99. The fourth-order valence-corrected chi connectivity index (χ4v) is 4.07. The summed E-state index contributed by atoms with van der Waals surface area (Å²) >= 11 is 0. The highest BCUT2D eigenvalue weighted by atomic mass is 32.2. The Balaban J connectivity index is 2.12. The Labute approximate surface area is 127 Å². The van der Waals surface area contributed by atoms with Crippen LogP contribution in [0.15, 0.2) is 29.2 Å². The molecule has 2 unspecified atom stereocenters. The summed E-state index contributed by atoms with van der Waals surface area (Å²) in [7, 11) is -3.45. The Morgan fingerprint density at radius 1 is 1.33 bits per heavy atom. The van der Waals surface area contributed by atoms with Gasteiger partial charge in [0.1, 0.15) is 0 Å². The first kappa shape index (κ1) is 16.4. The fourth-order valence-electron chi connectivity index (χ4n) is 2.51. The number of hydrogen-bond donors (Lipinski definition) is 2. The highest BCUT2D eigenvalue weighted by molar-refractivity contribution is 7.89. The van der Waals surface area contributed by atoms with Crippen molar-refractivity contribution in [1.82, 2.24) is 9.62 Å². The van der Waals surface area contributed by atoms with Gasteiger partial charge in [0.15, 0.2) is 0 Å². The predicted molar refractivity (Wildman–Crippen MR) is 82.4 cm³/mol. The van der Waals surface area contributed by atoms with Gasteiger partial charge < -0.3 is 10.4 Å². The third kappa shape index (κ3) is 3.83. The third-order valence-electron chi connectivity index (χ3n) is 3.96. The Morgan fingerprint density at radius 2 is 2.00 bits per heavy atom. The van der Waals surface area contributed by atoms with Gasteiger partial charge in [-0.25, -0.2) is 8.42 Å². The van der Waals surface area contributed by atoms with Crippen LogP contribution in [0.4, 0.5) is 0 Å². The number of aliphatic hydroxyl groups is 1. The molecule has 2 atom stereocenters. The van der Waals surface area contributed by atoms with E-state index in [2.05, 4.69) is 5.32 Å². The minimum Gasteiger partial charge on any atom is -0.393 e. The number of aliphatic hydroxyl groups excluding tert-OH is 1. The molecule has 6 heteroatoms. The molecule has 0 aromatic heterocycles. The van der Waals surface area contributed by atoms with Gasteiger partial charge in [-0.3, -0.25) is 0 Å². The zero-order valence-corrected chi connectivity index (χ0v) is 13.4. The van der Waals surface area contributed by atoms with Crippen LogP contribution in [0, 0.1) is 5.92 Å². The topological polar surface area (TPSA) is 69.6 Å². The average Bonchev–Trinajstić information content (AvgIpc) is 2.48. The first-order chi connectivity index (χ1) is 9.95. The molecule has 118 valence electrons. The van der Waals surface area contributed by atoms with Gasteiger partial charge in [0, 0.05) is 19.6 Å². The normalized spacial score (nSPS) is 24.1. The molecule has 0 radical (unpaired) electrons. The van der Waals surface area contributed by atoms with Crippen LogP contribution < -0.4 is 5.32 Å². The van der Waals surface area contributed by atoms with Gasteiger partial charge in [-0.15, -0.1) is 0 Å². The largest absolute Gasteiger partial charge is 0.393 e. The molecule has 1 saturated heterocycles. The molecule has 0 amide bonds. The zero-order valence-electron chi connectivity index (χ0n) is 12.6. The molecule has 21 heavy (non-hydrogen) atoms. The molecule has 1 aromatic carbocycles. The van der Waals surface area contributed by atoms with Crippen molar-refractivity contribution in [2.24, 2.45) is 5.92 Å². The minimum atomic E-state index is -3.45. The second-order valence-electron chi connectivity index (χ2n) is 5.62. The average molecular weight is 312 g/mol. The highest BCUT2D eigenvalue weighted by Gasteiger charge is 2.32. The van der Waals surface area contributed by atoms with Crippen molar-refractivity contribution in [3.8, 4) is 0 Å². The van der Waals surface area contributed by atoms with Crippen LogP contribution in [0.2, 0.25) is 0 Å². The van der Waals surface area contributed by atoms with Gasteiger partial charge in [-0.2, -0.15) is 4.31 Å². The number of nitrogens with zero attached hydrogens (tertiary/aromatic N) is 1. The quantitative estimate of drug-likeness (QED) is 0.857. The van der Waals surface area contributed by atoms with E-state index >= 15 is 0 Å². The van der Waals surface area contributed by atoms with Gasteiger partial charge in [-0.1, -0.05) is 26.0 Å². The van der Waals surface area contributed by atoms with Crippen LogP contribution in [-0.4, -0.2) is 43.6 Å². The van der Waals surface area contributed by atoms with Crippen LogP contribution in [0.3, 0.4) is 0 Å². The maximum atomic E-state index is 12.6. The second-order valence-corrected chi connectivity index (χ2v) is 7.56. The van der Waals surface area contributed by atoms with Crippen molar-refractivity contribution >= 4 is 10.0 Å². The summed E-state index contributed by atoms with van der Waals surface area (Å²) < 4.78 is 26.7. The molecule has 1 aliphatic heterocycles. The van der Waals surface area contributed by atoms with E-state index in [1.807, 2.05) is 26.0 Å². The Bertz CT molecular complexity index is 557. The molecule has 1 aromatic rings. The summed E-state index contributed by atoms with van der Waals surface area (Å²) in [5, 5.41) is 12.9. The molecule has 0 saturated carbocycles. The van der Waals surface area contributed by atoms with Crippen LogP contribution in [0.1, 0.15) is 25.8 Å². The molecule has 1 aliphatic rings. The lowest BCUT2D eigenvalue weighted by Crippen LogP contribution is -2.44. The summed E-state index contributed by atoms with van der Waals surface area (Å²) in [5.41, 5.74) is 1.07. The Kier molecular flexibility index (Phi) is 5.37. The molecular weight excluding hydrogens is 288 g/mol. The lowest BCUT2D eigenvalue weighted by molar-refractivity contribution is 0.0628. The van der Waals surface area contributed by atoms with Gasteiger partial charge >= 0.3 is 0 Å². The molecule has 1 heterocycles. The maximum Gasteiger partial charge on any atom is 0.243 e. The van der Waals surface area contributed by atoms with Crippen molar-refractivity contribution < 1.29 is 13.5 Å². The Morgan fingerprint density at radius 3 is 2.57 bits per heavy atom. The van der Waals surface area contributed by atoms with Crippen LogP contribution in [0.25, 0.3) is 0 Å². The standard InChI is InChI=1S/C15H24N2O3S/c1-3-16-10-13-4-6-14(7-5-13)21(19,20)17-9-8-15(18)12(2)11-17/h4-7,12,15-16,18H,3,8-11H2,1-2H3. The van der Waals surface area contributed by atoms with E-state index in [9.17, 15) is 13.5 Å². The van der Waals surface area contributed by atoms with E-state index in [1.165, 1.54) is 4.31 Å². The summed E-state index contributed by atoms with van der Waals surface area (Å²) in [4.78, 5) is 0.325. The molecule has 0 spiro atoms. The number of hydrogen-bond acceptors (Lipinski definition) is 4. The summed E-state index contributed by atoms with van der Waals surface area (Å²) in [5.74, 6) is -0.0263. The van der Waals surface area contributed by atoms with Crippen molar-refractivity contribution in [1.29, 1.82) is 0 Å². The van der Waals surface area contributed by atoms with E-state index in [1.54, 1.807) is 12.1 Å². The van der Waals surface area contributed by atoms with Crippen molar-refractivity contribution in [2.75, 3.05) is 19.6 Å². The molecule has 2 N–H and O–H groups in total. The number of nitrogens with one attached hydrogen (secondary N) is 1. The number of sulfonamides is 1. The van der Waals surface area contributed by atoms with Crippen molar-refractivity contribution in [3.05, 3.63) is 29.8 Å². The first-order valence-electron chi connectivity index (χ1n) is 7.43. The molecule has 2 rings (SSSR count). The van der Waals surface area contributed by atoms with Crippen molar-refractivity contribution in [3.63, 3.8) is 0 Å². The molecule has 1 fully saturated rings. The summed E-state index contributed by atoms with van der Waals surface area (Å²) in [6, 6.07) is 7.02. The number of benzene rings is 1. The van der Waals surface area contributed by atoms with E-state index in [4.69, 9.17) is 0 Å². The van der Waals surface area contributed by atoms with Gasteiger partial charge in [0.25, 0.3) is 0 Å². The third-order valence-corrected chi connectivity index (χ3v) is 5.84. The van der Waals surface area contributed by atoms with Gasteiger partial charge in [-0.05, 0) is 36.6 Å². The van der Waals surface area contributed by atoms with E-state index in [0.717, 1.165) is 18.7 Å². The van der Waals surface area contributed by atoms with E-state index in [-0.39, 0.29) is 5.92 Å². The van der Waals surface area contributed by atoms with Crippen LogP contribution >= 0.6 is 0 Å². The first-order valence-corrected chi connectivity index (χ1v) is 8.87. The van der Waals surface area contributed by atoms with Gasteiger partial charge in [0.2, 0.25) is 10.0 Å². The summed E-state index contributed by atoms with van der Waals surface area (Å²) in [6.07, 6.45) is 0.0952.